The molecule has 3 aromatic carbocycles. The summed E-state index contributed by atoms with van der Waals surface area (Å²) in [6.07, 6.45) is 0. The molecule has 1 N–H and O–H groups in total. The number of carbonyl (C=O) groups excluding carboxylic acids is 1. The zero-order valence-electron chi connectivity index (χ0n) is 16.7. The first-order valence-corrected chi connectivity index (χ1v) is 12.1. The van der Waals surface area contributed by atoms with Gasteiger partial charge in [0.15, 0.2) is 11.0 Å². The Bertz CT molecular complexity index is 1380. The van der Waals surface area contributed by atoms with Crippen LogP contribution in [0.15, 0.2) is 89.4 Å². The molecule has 0 unspecified atom stereocenters. The molecule has 0 fully saturated rings. The summed E-state index contributed by atoms with van der Waals surface area (Å²) in [6, 6.07) is 25.3. The Balaban J connectivity index is 1.39. The van der Waals surface area contributed by atoms with Crippen LogP contribution in [0.1, 0.15) is 0 Å². The van der Waals surface area contributed by atoms with Crippen molar-refractivity contribution >= 4 is 57.1 Å². The molecule has 0 aliphatic carbocycles. The molecule has 5 nitrogen and oxygen atoms in total. The lowest BCUT2D eigenvalue weighted by Gasteiger charge is -2.11. The van der Waals surface area contributed by atoms with E-state index in [2.05, 4.69) is 15.5 Å². The van der Waals surface area contributed by atoms with Crippen molar-refractivity contribution in [3.63, 3.8) is 0 Å². The van der Waals surface area contributed by atoms with Crippen molar-refractivity contribution < 1.29 is 4.79 Å². The molecule has 5 rings (SSSR count). The fourth-order valence-electron chi connectivity index (χ4n) is 3.40. The molecule has 0 radical (unpaired) electrons. The van der Waals surface area contributed by atoms with Gasteiger partial charge in [0.1, 0.15) is 0 Å². The number of thiophene rings is 1. The van der Waals surface area contributed by atoms with Crippen molar-refractivity contribution in [1.82, 2.24) is 14.8 Å². The van der Waals surface area contributed by atoms with Gasteiger partial charge in [0.25, 0.3) is 0 Å². The van der Waals surface area contributed by atoms with Gasteiger partial charge in [0.05, 0.1) is 10.6 Å². The van der Waals surface area contributed by atoms with E-state index in [1.165, 1.54) is 11.8 Å². The molecule has 0 aliphatic rings. The van der Waals surface area contributed by atoms with Crippen LogP contribution in [0.4, 0.5) is 5.69 Å². The summed E-state index contributed by atoms with van der Waals surface area (Å²) in [5.41, 5.74) is 1.69. The largest absolute Gasteiger partial charge is 0.325 e. The molecule has 0 saturated heterocycles. The summed E-state index contributed by atoms with van der Waals surface area (Å²) in [4.78, 5) is 13.8. The highest BCUT2D eigenvalue weighted by Crippen LogP contribution is 2.31. The molecule has 0 saturated carbocycles. The Morgan fingerprint density at radius 3 is 2.59 bits per heavy atom. The predicted octanol–water partition coefficient (Wildman–Crippen LogP) is 6.53. The van der Waals surface area contributed by atoms with Gasteiger partial charge in [-0.3, -0.25) is 9.36 Å². The number of halogens is 1. The van der Waals surface area contributed by atoms with Gasteiger partial charge in [-0.1, -0.05) is 65.8 Å². The molecule has 158 valence electrons. The molecule has 2 heterocycles. The van der Waals surface area contributed by atoms with E-state index >= 15 is 0 Å². The van der Waals surface area contributed by atoms with Crippen LogP contribution in [0, 0.1) is 0 Å². The number of carbonyl (C=O) groups is 1. The summed E-state index contributed by atoms with van der Waals surface area (Å²) in [6.45, 7) is 0. The summed E-state index contributed by atoms with van der Waals surface area (Å²) >= 11 is 9.01. The van der Waals surface area contributed by atoms with Gasteiger partial charge < -0.3 is 5.32 Å². The number of rotatable bonds is 6. The highest BCUT2D eigenvalue weighted by atomic mass is 35.5. The van der Waals surface area contributed by atoms with Crippen molar-refractivity contribution in [2.45, 2.75) is 5.16 Å². The Morgan fingerprint density at radius 2 is 1.78 bits per heavy atom. The Labute approximate surface area is 198 Å². The van der Waals surface area contributed by atoms with E-state index in [0.717, 1.165) is 32.8 Å². The van der Waals surface area contributed by atoms with E-state index in [1.54, 1.807) is 11.3 Å². The number of amides is 1. The average molecular weight is 477 g/mol. The predicted molar refractivity (Wildman–Crippen MR) is 133 cm³/mol. The number of hydrogen-bond donors (Lipinski definition) is 1. The number of anilines is 1. The van der Waals surface area contributed by atoms with Crippen LogP contribution < -0.4 is 5.32 Å². The first-order chi connectivity index (χ1) is 15.7. The summed E-state index contributed by atoms with van der Waals surface area (Å²) in [7, 11) is 0. The first kappa shape index (κ1) is 20.8. The molecule has 2 aromatic heterocycles. The highest BCUT2D eigenvalue weighted by Gasteiger charge is 2.18. The molecular formula is C24H17ClN4OS2. The molecule has 1 amide bonds. The lowest BCUT2D eigenvalue weighted by molar-refractivity contribution is -0.113. The maximum atomic E-state index is 12.8. The first-order valence-electron chi connectivity index (χ1n) is 9.85. The van der Waals surface area contributed by atoms with Crippen LogP contribution in [0.5, 0.6) is 0 Å². The topological polar surface area (TPSA) is 59.8 Å². The van der Waals surface area contributed by atoms with Gasteiger partial charge in [0, 0.05) is 21.8 Å². The fourth-order valence-corrected chi connectivity index (χ4v) is 4.98. The summed E-state index contributed by atoms with van der Waals surface area (Å²) in [5.74, 6) is 0.841. The van der Waals surface area contributed by atoms with E-state index in [4.69, 9.17) is 11.6 Å². The third-order valence-corrected chi connectivity index (χ3v) is 6.90. The molecule has 0 atom stereocenters. The van der Waals surface area contributed by atoms with Crippen LogP contribution in [0.25, 0.3) is 27.2 Å². The SMILES string of the molecule is O=C(CSc1nnc(-c2cccs2)n1-c1ccc(Cl)cc1)Nc1cccc2ccccc12. The fraction of sp³-hybridized carbons (Fsp3) is 0.0417. The highest BCUT2D eigenvalue weighted by molar-refractivity contribution is 7.99. The van der Waals surface area contributed by atoms with Crippen molar-refractivity contribution in [3.8, 4) is 16.4 Å². The quantitative estimate of drug-likeness (QED) is 0.283. The molecule has 8 heteroatoms. The minimum Gasteiger partial charge on any atom is -0.325 e. The van der Waals surface area contributed by atoms with Gasteiger partial charge in [-0.15, -0.1) is 21.5 Å². The van der Waals surface area contributed by atoms with Crippen LogP contribution in [-0.4, -0.2) is 26.4 Å². The lowest BCUT2D eigenvalue weighted by Crippen LogP contribution is -2.14. The van der Waals surface area contributed by atoms with Gasteiger partial charge >= 0.3 is 0 Å². The number of thioether (sulfide) groups is 1. The minimum atomic E-state index is -0.102. The number of hydrogen-bond acceptors (Lipinski definition) is 5. The van der Waals surface area contributed by atoms with E-state index < -0.39 is 0 Å². The Kier molecular flexibility index (Phi) is 5.94. The molecule has 5 aromatic rings. The third-order valence-electron chi connectivity index (χ3n) is 4.86. The van der Waals surface area contributed by atoms with Crippen molar-refractivity contribution in [2.75, 3.05) is 11.1 Å². The zero-order chi connectivity index (χ0) is 21.9. The Morgan fingerprint density at radius 1 is 0.969 bits per heavy atom. The van der Waals surface area contributed by atoms with E-state index in [0.29, 0.717) is 10.2 Å². The molecular weight excluding hydrogens is 460 g/mol. The zero-order valence-corrected chi connectivity index (χ0v) is 19.1. The van der Waals surface area contributed by atoms with Gasteiger partial charge in [-0.25, -0.2) is 0 Å². The minimum absolute atomic E-state index is 0.102. The van der Waals surface area contributed by atoms with Crippen molar-refractivity contribution in [2.24, 2.45) is 0 Å². The molecule has 32 heavy (non-hydrogen) atoms. The van der Waals surface area contributed by atoms with Crippen molar-refractivity contribution in [3.05, 3.63) is 89.3 Å². The van der Waals surface area contributed by atoms with Crippen LogP contribution in [-0.2, 0) is 4.79 Å². The van der Waals surface area contributed by atoms with Gasteiger partial charge in [-0.2, -0.15) is 0 Å². The van der Waals surface area contributed by atoms with Crippen LogP contribution >= 0.6 is 34.7 Å². The molecule has 0 aliphatic heterocycles. The second-order valence-corrected chi connectivity index (χ2v) is 9.29. The second kappa shape index (κ2) is 9.16. The monoisotopic (exact) mass is 476 g/mol. The van der Waals surface area contributed by atoms with E-state index in [9.17, 15) is 4.79 Å². The summed E-state index contributed by atoms with van der Waals surface area (Å²) < 4.78 is 1.96. The maximum Gasteiger partial charge on any atom is 0.234 e. The van der Waals surface area contributed by atoms with Crippen LogP contribution in [0.3, 0.4) is 0 Å². The smallest absolute Gasteiger partial charge is 0.234 e. The lowest BCUT2D eigenvalue weighted by atomic mass is 10.1. The van der Waals surface area contributed by atoms with Gasteiger partial charge in [0.2, 0.25) is 5.91 Å². The number of nitrogens with zero attached hydrogens (tertiary/aromatic N) is 3. The molecule has 0 spiro atoms. The molecule has 0 bridgehead atoms. The number of fused-ring (bicyclic) bond motifs is 1. The van der Waals surface area contributed by atoms with E-state index in [1.807, 2.05) is 88.8 Å². The maximum absolute atomic E-state index is 12.8. The second-order valence-electron chi connectivity index (χ2n) is 6.96. The Hall–Kier alpha value is -3.13. The standard InChI is InChI=1S/C24H17ClN4OS2/c25-17-10-12-18(13-11-17)29-23(21-9-4-14-31-21)27-28-24(29)32-15-22(30)26-20-8-3-6-16-5-1-2-7-19(16)20/h1-14H,15H2,(H,26,30). The number of benzene rings is 3. The third kappa shape index (κ3) is 4.27. The summed E-state index contributed by atoms with van der Waals surface area (Å²) in [5, 5.41) is 17.2. The van der Waals surface area contributed by atoms with Crippen molar-refractivity contribution in [1.29, 1.82) is 0 Å². The normalized spacial score (nSPS) is 11.0. The number of nitrogens with one attached hydrogen (secondary N) is 1. The van der Waals surface area contributed by atoms with Crippen LogP contribution in [0.2, 0.25) is 5.02 Å². The number of aromatic nitrogens is 3. The van der Waals surface area contributed by atoms with E-state index in [-0.39, 0.29) is 11.7 Å². The average Bonchev–Trinajstić information content (AvgIpc) is 3.48. The van der Waals surface area contributed by atoms with Gasteiger partial charge in [-0.05, 0) is 47.2 Å².